The van der Waals surface area contributed by atoms with E-state index in [1.165, 1.54) is 0 Å². The first-order chi connectivity index (χ1) is 13.8. The summed E-state index contributed by atoms with van der Waals surface area (Å²) >= 11 is 0. The van der Waals surface area contributed by atoms with Crippen molar-refractivity contribution in [3.63, 3.8) is 0 Å². The fourth-order valence-corrected chi connectivity index (χ4v) is 2.85. The molecule has 29 heavy (non-hydrogen) atoms. The van der Waals surface area contributed by atoms with Crippen LogP contribution in [0.5, 0.6) is 0 Å². The van der Waals surface area contributed by atoms with Gasteiger partial charge in [-0.15, -0.1) is 0 Å². The van der Waals surface area contributed by atoms with Gasteiger partial charge < -0.3 is 9.47 Å². The van der Waals surface area contributed by atoms with Gasteiger partial charge in [-0.25, -0.2) is 4.79 Å². The summed E-state index contributed by atoms with van der Waals surface area (Å²) < 4.78 is 10.6. The number of esters is 2. The standard InChI is InChI=1S/C23H30N2O4/c1-5-28-20(26)16-18-10-8-9-17(15-18)12-14-25-21(19-11-6-7-13-24-19)22(27)29-23(2,3)4/h6-11,13,15,21,25H,5,12,14,16H2,1-4H3. The molecule has 0 aliphatic heterocycles. The highest BCUT2D eigenvalue weighted by molar-refractivity contribution is 5.77. The highest BCUT2D eigenvalue weighted by Gasteiger charge is 2.27. The largest absolute Gasteiger partial charge is 0.466 e. The minimum absolute atomic E-state index is 0.233. The summed E-state index contributed by atoms with van der Waals surface area (Å²) in [5.74, 6) is -0.588. The van der Waals surface area contributed by atoms with Crippen molar-refractivity contribution in [1.29, 1.82) is 0 Å². The third-order valence-corrected chi connectivity index (χ3v) is 4.03. The minimum atomic E-state index is -0.641. The van der Waals surface area contributed by atoms with E-state index in [4.69, 9.17) is 9.47 Å². The maximum Gasteiger partial charge on any atom is 0.329 e. The molecule has 1 aromatic carbocycles. The summed E-state index contributed by atoms with van der Waals surface area (Å²) in [6.07, 6.45) is 2.61. The van der Waals surface area contributed by atoms with Crippen LogP contribution in [0, 0.1) is 0 Å². The first kappa shape index (κ1) is 22.6. The van der Waals surface area contributed by atoms with Gasteiger partial charge in [0, 0.05) is 12.7 Å². The van der Waals surface area contributed by atoms with E-state index in [0.29, 0.717) is 25.3 Å². The van der Waals surface area contributed by atoms with E-state index >= 15 is 0 Å². The molecule has 0 aliphatic carbocycles. The van der Waals surface area contributed by atoms with E-state index < -0.39 is 11.6 Å². The number of hydrogen-bond acceptors (Lipinski definition) is 6. The highest BCUT2D eigenvalue weighted by atomic mass is 16.6. The molecule has 1 unspecified atom stereocenters. The van der Waals surface area contributed by atoms with Gasteiger partial charge in [0.2, 0.25) is 0 Å². The van der Waals surface area contributed by atoms with Crippen molar-refractivity contribution in [3.05, 3.63) is 65.5 Å². The maximum absolute atomic E-state index is 12.7. The molecular formula is C23H30N2O4. The lowest BCUT2D eigenvalue weighted by molar-refractivity contribution is -0.157. The number of carbonyl (C=O) groups excluding carboxylic acids is 2. The zero-order valence-corrected chi connectivity index (χ0v) is 17.6. The monoisotopic (exact) mass is 398 g/mol. The lowest BCUT2D eigenvalue weighted by Crippen LogP contribution is -2.36. The van der Waals surface area contributed by atoms with Crippen molar-refractivity contribution < 1.29 is 19.1 Å². The zero-order chi connectivity index (χ0) is 21.3. The lowest BCUT2D eigenvalue weighted by atomic mass is 10.1. The first-order valence-electron chi connectivity index (χ1n) is 9.89. The first-order valence-corrected chi connectivity index (χ1v) is 9.89. The van der Waals surface area contributed by atoms with Crippen LogP contribution in [0.4, 0.5) is 0 Å². The molecule has 0 fully saturated rings. The summed E-state index contributed by atoms with van der Waals surface area (Å²) in [4.78, 5) is 28.6. The van der Waals surface area contributed by atoms with Crippen LogP contribution in [0.2, 0.25) is 0 Å². The van der Waals surface area contributed by atoms with E-state index in [-0.39, 0.29) is 18.4 Å². The third kappa shape index (κ3) is 8.03. The number of nitrogens with zero attached hydrogens (tertiary/aromatic N) is 1. The molecule has 2 rings (SSSR count). The Hall–Kier alpha value is -2.73. The number of hydrogen-bond donors (Lipinski definition) is 1. The van der Waals surface area contributed by atoms with Gasteiger partial charge in [0.05, 0.1) is 18.7 Å². The Morgan fingerprint density at radius 3 is 2.52 bits per heavy atom. The average Bonchev–Trinajstić information content (AvgIpc) is 2.65. The predicted octanol–water partition coefficient (Wildman–Crippen LogP) is 3.40. The topological polar surface area (TPSA) is 77.5 Å². The summed E-state index contributed by atoms with van der Waals surface area (Å²) in [7, 11) is 0. The molecule has 1 N–H and O–H groups in total. The van der Waals surface area contributed by atoms with Crippen molar-refractivity contribution in [1.82, 2.24) is 10.3 Å². The fourth-order valence-electron chi connectivity index (χ4n) is 2.85. The highest BCUT2D eigenvalue weighted by Crippen LogP contribution is 2.17. The quantitative estimate of drug-likeness (QED) is 0.653. The number of ether oxygens (including phenoxy) is 2. The van der Waals surface area contributed by atoms with Crippen LogP contribution in [-0.2, 0) is 31.9 Å². The van der Waals surface area contributed by atoms with Crippen molar-refractivity contribution >= 4 is 11.9 Å². The van der Waals surface area contributed by atoms with Gasteiger partial charge >= 0.3 is 11.9 Å². The van der Waals surface area contributed by atoms with Crippen LogP contribution in [0.15, 0.2) is 48.7 Å². The maximum atomic E-state index is 12.7. The summed E-state index contributed by atoms with van der Waals surface area (Å²) in [6, 6.07) is 12.6. The van der Waals surface area contributed by atoms with Crippen LogP contribution in [0.1, 0.15) is 50.6 Å². The Morgan fingerprint density at radius 2 is 1.86 bits per heavy atom. The molecular weight excluding hydrogens is 368 g/mol. The van der Waals surface area contributed by atoms with Gasteiger partial charge in [-0.1, -0.05) is 30.3 Å². The summed E-state index contributed by atoms with van der Waals surface area (Å²) in [5, 5.41) is 3.26. The Morgan fingerprint density at radius 1 is 1.10 bits per heavy atom. The molecule has 2 aromatic rings. The number of pyridine rings is 1. The number of rotatable bonds is 9. The van der Waals surface area contributed by atoms with Gasteiger partial charge in [-0.2, -0.15) is 0 Å². The van der Waals surface area contributed by atoms with Gasteiger partial charge in [0.15, 0.2) is 0 Å². The summed E-state index contributed by atoms with van der Waals surface area (Å²) in [5.41, 5.74) is 2.03. The second-order valence-electron chi connectivity index (χ2n) is 7.73. The Bertz CT molecular complexity index is 800. The fraction of sp³-hybridized carbons (Fsp3) is 0.435. The summed E-state index contributed by atoms with van der Waals surface area (Å²) in [6.45, 7) is 8.26. The molecule has 1 aromatic heterocycles. The molecule has 6 nitrogen and oxygen atoms in total. The van der Waals surface area contributed by atoms with E-state index in [9.17, 15) is 9.59 Å². The van der Waals surface area contributed by atoms with Crippen molar-refractivity contribution in [2.75, 3.05) is 13.2 Å². The Kier molecular flexibility index (Phi) is 8.34. The molecule has 156 valence electrons. The molecule has 0 saturated heterocycles. The van der Waals surface area contributed by atoms with Crippen LogP contribution in [-0.4, -0.2) is 35.7 Å². The zero-order valence-electron chi connectivity index (χ0n) is 17.6. The second-order valence-corrected chi connectivity index (χ2v) is 7.73. The normalized spacial score (nSPS) is 12.3. The molecule has 0 saturated carbocycles. The van der Waals surface area contributed by atoms with Gasteiger partial charge in [-0.3, -0.25) is 15.1 Å². The molecule has 1 heterocycles. The minimum Gasteiger partial charge on any atom is -0.466 e. The lowest BCUT2D eigenvalue weighted by Gasteiger charge is -2.24. The van der Waals surface area contributed by atoms with E-state index in [0.717, 1.165) is 11.1 Å². The molecule has 0 amide bonds. The van der Waals surface area contributed by atoms with E-state index in [1.54, 1.807) is 13.1 Å². The Labute approximate surface area is 172 Å². The molecule has 0 radical (unpaired) electrons. The van der Waals surface area contributed by atoms with Crippen LogP contribution in [0.25, 0.3) is 0 Å². The van der Waals surface area contributed by atoms with E-state index in [1.807, 2.05) is 63.2 Å². The van der Waals surface area contributed by atoms with Gasteiger partial charge in [-0.05, 0) is 57.4 Å². The number of aromatic nitrogens is 1. The van der Waals surface area contributed by atoms with Crippen molar-refractivity contribution in [2.45, 2.75) is 52.2 Å². The molecule has 6 heteroatoms. The van der Waals surface area contributed by atoms with Crippen LogP contribution in [0.3, 0.4) is 0 Å². The predicted molar refractivity (Wildman–Crippen MR) is 111 cm³/mol. The number of benzene rings is 1. The van der Waals surface area contributed by atoms with Gasteiger partial charge in [0.25, 0.3) is 0 Å². The molecule has 0 bridgehead atoms. The van der Waals surface area contributed by atoms with Gasteiger partial charge in [0.1, 0.15) is 11.6 Å². The van der Waals surface area contributed by atoms with Crippen molar-refractivity contribution in [3.8, 4) is 0 Å². The SMILES string of the molecule is CCOC(=O)Cc1cccc(CCNC(C(=O)OC(C)(C)C)c2ccccn2)c1. The van der Waals surface area contributed by atoms with Crippen LogP contribution < -0.4 is 5.32 Å². The van der Waals surface area contributed by atoms with E-state index in [2.05, 4.69) is 10.3 Å². The molecule has 0 aliphatic rings. The third-order valence-electron chi connectivity index (χ3n) is 4.03. The number of carbonyl (C=O) groups is 2. The van der Waals surface area contributed by atoms with Crippen molar-refractivity contribution in [2.24, 2.45) is 0 Å². The smallest absolute Gasteiger partial charge is 0.329 e. The second kappa shape index (κ2) is 10.7. The number of nitrogens with one attached hydrogen (secondary N) is 1. The van der Waals surface area contributed by atoms with Crippen LogP contribution >= 0.6 is 0 Å². The average molecular weight is 399 g/mol. The Balaban J connectivity index is 2.01. The molecule has 0 spiro atoms. The molecule has 1 atom stereocenters.